The van der Waals surface area contributed by atoms with E-state index in [1.165, 1.54) is 5.56 Å². The zero-order valence-electron chi connectivity index (χ0n) is 26.6. The Hall–Kier alpha value is -3.75. The van der Waals surface area contributed by atoms with Gasteiger partial charge in [0.1, 0.15) is 25.4 Å². The molecule has 44 heavy (non-hydrogen) atoms. The highest BCUT2D eigenvalue weighted by Crippen LogP contribution is 2.53. The molecule has 2 saturated heterocycles. The van der Waals surface area contributed by atoms with Gasteiger partial charge in [-0.25, -0.2) is 4.79 Å². The van der Waals surface area contributed by atoms with Gasteiger partial charge >= 0.3 is 6.09 Å². The molecule has 3 aliphatic heterocycles. The van der Waals surface area contributed by atoms with Crippen LogP contribution < -0.4 is 9.47 Å². The van der Waals surface area contributed by atoms with Crippen molar-refractivity contribution in [3.05, 3.63) is 59.2 Å². The molecule has 0 N–H and O–H groups in total. The number of hydrogen-bond acceptors (Lipinski definition) is 6. The van der Waals surface area contributed by atoms with Crippen LogP contribution in [-0.4, -0.2) is 83.6 Å². The molecule has 2 aromatic rings. The highest BCUT2D eigenvalue weighted by Gasteiger charge is 2.52. The van der Waals surface area contributed by atoms with Crippen molar-refractivity contribution in [2.24, 2.45) is 5.41 Å². The largest absolute Gasteiger partial charge is 0.486 e. The van der Waals surface area contributed by atoms with E-state index in [-0.39, 0.29) is 47.9 Å². The van der Waals surface area contributed by atoms with Gasteiger partial charge in [-0.3, -0.25) is 9.59 Å². The van der Waals surface area contributed by atoms with Gasteiger partial charge < -0.3 is 28.9 Å². The molecular weight excluding hydrogens is 558 g/mol. The fourth-order valence-corrected chi connectivity index (χ4v) is 7.43. The van der Waals surface area contributed by atoms with Gasteiger partial charge in [-0.1, -0.05) is 44.2 Å². The van der Waals surface area contributed by atoms with Crippen LogP contribution in [0.1, 0.15) is 93.7 Å². The van der Waals surface area contributed by atoms with E-state index >= 15 is 0 Å². The molecule has 9 nitrogen and oxygen atoms in total. The molecule has 0 aromatic heterocycles. The predicted molar refractivity (Wildman–Crippen MR) is 166 cm³/mol. The summed E-state index contributed by atoms with van der Waals surface area (Å²) >= 11 is 0. The van der Waals surface area contributed by atoms with Crippen LogP contribution in [0.4, 0.5) is 4.79 Å². The molecule has 0 bridgehead atoms. The Morgan fingerprint density at radius 1 is 0.955 bits per heavy atom. The Bertz CT molecular complexity index is 1420. The minimum atomic E-state index is -0.514. The van der Waals surface area contributed by atoms with Crippen LogP contribution in [0.15, 0.2) is 42.5 Å². The van der Waals surface area contributed by atoms with Gasteiger partial charge in [0.15, 0.2) is 11.5 Å². The van der Waals surface area contributed by atoms with E-state index in [1.807, 2.05) is 37.8 Å². The first kappa shape index (κ1) is 30.3. The van der Waals surface area contributed by atoms with Gasteiger partial charge in [-0.2, -0.15) is 0 Å². The first-order valence-corrected chi connectivity index (χ1v) is 16.0. The number of fused-ring (bicyclic) bond motifs is 1. The molecule has 9 heteroatoms. The van der Waals surface area contributed by atoms with Gasteiger partial charge in [0, 0.05) is 25.7 Å². The highest BCUT2D eigenvalue weighted by molar-refractivity contribution is 6.00. The molecule has 6 rings (SSSR count). The maximum atomic E-state index is 14.1. The number of amides is 3. The normalized spacial score (nSPS) is 21.8. The molecule has 236 valence electrons. The summed E-state index contributed by atoms with van der Waals surface area (Å²) in [5, 5.41) is 0. The zero-order valence-corrected chi connectivity index (χ0v) is 26.6. The van der Waals surface area contributed by atoms with E-state index < -0.39 is 5.60 Å². The van der Waals surface area contributed by atoms with Crippen molar-refractivity contribution >= 4 is 17.9 Å². The number of ether oxygens (including phenoxy) is 3. The van der Waals surface area contributed by atoms with Gasteiger partial charge in [0.05, 0.1) is 11.6 Å². The van der Waals surface area contributed by atoms with Crippen LogP contribution in [0.5, 0.6) is 11.5 Å². The Labute approximate surface area is 260 Å². The highest BCUT2D eigenvalue weighted by atomic mass is 16.6. The van der Waals surface area contributed by atoms with E-state index in [2.05, 4.69) is 30.9 Å². The minimum Gasteiger partial charge on any atom is -0.486 e. The van der Waals surface area contributed by atoms with E-state index in [0.717, 1.165) is 31.2 Å². The van der Waals surface area contributed by atoms with E-state index in [1.54, 1.807) is 23.1 Å². The van der Waals surface area contributed by atoms with Crippen LogP contribution in [0.3, 0.4) is 0 Å². The van der Waals surface area contributed by atoms with Gasteiger partial charge in [-0.15, -0.1) is 0 Å². The lowest BCUT2D eigenvalue weighted by atomic mass is 9.59. The van der Waals surface area contributed by atoms with Crippen molar-refractivity contribution in [2.75, 3.05) is 39.4 Å². The second kappa shape index (κ2) is 11.6. The molecule has 1 unspecified atom stereocenters. The predicted octanol–water partition coefficient (Wildman–Crippen LogP) is 5.79. The number of piperazine rings is 1. The number of carbonyl (C=O) groups is 3. The molecule has 4 aliphatic rings. The molecule has 1 saturated carbocycles. The summed E-state index contributed by atoms with van der Waals surface area (Å²) in [5.74, 6) is 1.04. The average molecular weight is 604 g/mol. The third-order valence-electron chi connectivity index (χ3n) is 9.61. The van der Waals surface area contributed by atoms with Crippen LogP contribution in [0, 0.1) is 5.41 Å². The van der Waals surface area contributed by atoms with Crippen molar-refractivity contribution in [1.29, 1.82) is 0 Å². The molecule has 1 atom stereocenters. The van der Waals surface area contributed by atoms with Crippen molar-refractivity contribution in [3.8, 4) is 11.5 Å². The van der Waals surface area contributed by atoms with Crippen LogP contribution >= 0.6 is 0 Å². The SMILES string of the molecule is CC(C)c1ccccc1C1CN(C(=O)c2cccc3c2OCCO3)CC(=O)N1C1CC2(CCN(C(=O)OC(C)(C)C)CC2)C1. The molecular formula is C35H45N3O6. The first-order chi connectivity index (χ1) is 20.9. The Morgan fingerprint density at radius 3 is 2.36 bits per heavy atom. The summed E-state index contributed by atoms with van der Waals surface area (Å²) in [6, 6.07) is 13.5. The number of likely N-dealkylation sites (tertiary alicyclic amines) is 1. The van der Waals surface area contributed by atoms with Crippen LogP contribution in [0.2, 0.25) is 0 Å². The molecule has 3 heterocycles. The molecule has 1 aliphatic carbocycles. The van der Waals surface area contributed by atoms with Gasteiger partial charge in [0.25, 0.3) is 5.91 Å². The second-order valence-electron chi connectivity index (χ2n) is 14.1. The molecule has 1 spiro atoms. The van der Waals surface area contributed by atoms with Crippen molar-refractivity contribution in [1.82, 2.24) is 14.7 Å². The van der Waals surface area contributed by atoms with Crippen LogP contribution in [-0.2, 0) is 9.53 Å². The zero-order chi connectivity index (χ0) is 31.2. The number of carbonyl (C=O) groups excluding carboxylic acids is 3. The van der Waals surface area contributed by atoms with Crippen molar-refractivity contribution in [2.45, 2.75) is 83.9 Å². The third-order valence-corrected chi connectivity index (χ3v) is 9.61. The Balaban J connectivity index is 1.22. The lowest BCUT2D eigenvalue weighted by Gasteiger charge is -2.58. The second-order valence-corrected chi connectivity index (χ2v) is 14.1. The molecule has 2 aromatic carbocycles. The quantitative estimate of drug-likeness (QED) is 0.440. The number of piperidine rings is 1. The summed E-state index contributed by atoms with van der Waals surface area (Å²) < 4.78 is 17.2. The van der Waals surface area contributed by atoms with Crippen molar-refractivity contribution < 1.29 is 28.6 Å². The lowest BCUT2D eigenvalue weighted by molar-refractivity contribution is -0.151. The topological polar surface area (TPSA) is 88.6 Å². The summed E-state index contributed by atoms with van der Waals surface area (Å²) in [6.45, 7) is 12.6. The number of para-hydroxylation sites is 1. The number of hydrogen-bond donors (Lipinski definition) is 0. The summed E-state index contributed by atoms with van der Waals surface area (Å²) in [6.07, 6.45) is 3.38. The fourth-order valence-electron chi connectivity index (χ4n) is 7.43. The number of nitrogens with zero attached hydrogens (tertiary/aromatic N) is 3. The first-order valence-electron chi connectivity index (χ1n) is 16.0. The maximum Gasteiger partial charge on any atom is 0.410 e. The van der Waals surface area contributed by atoms with E-state index in [9.17, 15) is 14.4 Å². The minimum absolute atomic E-state index is 0.0267. The van der Waals surface area contributed by atoms with E-state index in [0.29, 0.717) is 49.9 Å². The smallest absolute Gasteiger partial charge is 0.410 e. The number of rotatable bonds is 4. The molecule has 0 radical (unpaired) electrons. The molecule has 3 fully saturated rings. The summed E-state index contributed by atoms with van der Waals surface area (Å²) in [4.78, 5) is 46.3. The monoisotopic (exact) mass is 603 g/mol. The summed E-state index contributed by atoms with van der Waals surface area (Å²) in [7, 11) is 0. The third kappa shape index (κ3) is 5.85. The van der Waals surface area contributed by atoms with E-state index in [4.69, 9.17) is 14.2 Å². The lowest BCUT2D eigenvalue weighted by Crippen LogP contribution is -2.62. The Morgan fingerprint density at radius 2 is 1.66 bits per heavy atom. The number of benzene rings is 2. The molecule has 3 amide bonds. The standard InChI is InChI=1S/C35H45N3O6/c1-23(2)25-9-6-7-10-26(25)28-21-37(32(40)27-11-8-12-29-31(27)43-18-17-42-29)22-30(39)38(28)24-19-35(20-24)13-15-36(16-14-35)33(41)44-34(3,4)5/h6-12,23-24,28H,13-22H2,1-5H3. The van der Waals surface area contributed by atoms with Crippen molar-refractivity contribution in [3.63, 3.8) is 0 Å². The van der Waals surface area contributed by atoms with Gasteiger partial charge in [0.2, 0.25) is 5.91 Å². The Kier molecular flexibility index (Phi) is 8.01. The fraction of sp³-hybridized carbons (Fsp3) is 0.571. The van der Waals surface area contributed by atoms with Crippen LogP contribution in [0.25, 0.3) is 0 Å². The maximum absolute atomic E-state index is 14.1. The summed E-state index contributed by atoms with van der Waals surface area (Å²) in [5.41, 5.74) is 2.33. The average Bonchev–Trinajstić information content (AvgIpc) is 2.98. The van der Waals surface area contributed by atoms with Gasteiger partial charge in [-0.05, 0) is 81.0 Å².